The number of aromatic nitrogens is 3. The van der Waals surface area contributed by atoms with Gasteiger partial charge in [-0.15, -0.1) is 0 Å². The molecule has 4 aromatic rings. The third-order valence-electron chi connectivity index (χ3n) is 4.18. The predicted octanol–water partition coefficient (Wildman–Crippen LogP) is 5.07. The van der Waals surface area contributed by atoms with Crippen molar-refractivity contribution in [1.82, 2.24) is 15.1 Å². The van der Waals surface area contributed by atoms with E-state index in [9.17, 15) is 13.2 Å². The summed E-state index contributed by atoms with van der Waals surface area (Å²) in [6, 6.07) is 14.0. The fourth-order valence-corrected chi connectivity index (χ4v) is 2.75. The summed E-state index contributed by atoms with van der Waals surface area (Å²) in [5.74, 6) is 1.05. The van der Waals surface area contributed by atoms with Crippen molar-refractivity contribution in [2.45, 2.75) is 6.18 Å². The average molecular weight is 370 g/mol. The van der Waals surface area contributed by atoms with Gasteiger partial charge in [0.2, 0.25) is 5.88 Å². The molecule has 2 heterocycles. The third-order valence-corrected chi connectivity index (χ3v) is 4.18. The summed E-state index contributed by atoms with van der Waals surface area (Å²) in [5, 5.41) is 4.81. The predicted molar refractivity (Wildman–Crippen MR) is 94.5 cm³/mol. The first-order valence-electron chi connectivity index (χ1n) is 8.01. The van der Waals surface area contributed by atoms with Crippen molar-refractivity contribution in [2.75, 3.05) is 11.9 Å². The maximum atomic E-state index is 12.7. The molecule has 0 unspecified atom stereocenters. The van der Waals surface area contributed by atoms with Gasteiger partial charge in [-0.25, -0.2) is 9.97 Å². The molecule has 136 valence electrons. The lowest BCUT2D eigenvalue weighted by atomic mass is 10.1. The van der Waals surface area contributed by atoms with Crippen molar-refractivity contribution in [3.8, 4) is 11.3 Å². The minimum Gasteiger partial charge on any atom is -0.338 e. The molecule has 0 aliphatic carbocycles. The highest BCUT2D eigenvalue weighted by Gasteiger charge is 2.30. The van der Waals surface area contributed by atoms with Crippen LogP contribution in [0.4, 0.5) is 24.9 Å². The van der Waals surface area contributed by atoms with Crippen LogP contribution in [0.3, 0.4) is 0 Å². The molecule has 2 aromatic carbocycles. The molecule has 4 rings (SSSR count). The first-order chi connectivity index (χ1) is 12.9. The molecule has 0 aliphatic rings. The fraction of sp³-hybridized carbons (Fsp3) is 0.105. The summed E-state index contributed by atoms with van der Waals surface area (Å²) in [6.07, 6.45) is -2.91. The summed E-state index contributed by atoms with van der Waals surface area (Å²) in [5.41, 5.74) is 1.04. The molecule has 0 saturated carbocycles. The van der Waals surface area contributed by atoms with Crippen molar-refractivity contribution < 1.29 is 17.7 Å². The summed E-state index contributed by atoms with van der Waals surface area (Å²) in [6.45, 7) is 0. The van der Waals surface area contributed by atoms with Gasteiger partial charge >= 0.3 is 6.18 Å². The van der Waals surface area contributed by atoms with Gasteiger partial charge in [0.15, 0.2) is 0 Å². The molecular weight excluding hydrogens is 357 g/mol. The van der Waals surface area contributed by atoms with Crippen molar-refractivity contribution in [3.05, 3.63) is 66.5 Å². The SMILES string of the molecule is CN(c1cc(-c2ccc(C(F)(F)F)cc2)no1)c1ncnc2ccccc12. The molecule has 0 saturated heterocycles. The Labute approximate surface area is 152 Å². The van der Waals surface area contributed by atoms with Crippen LogP contribution in [0.25, 0.3) is 22.2 Å². The summed E-state index contributed by atoms with van der Waals surface area (Å²) in [7, 11) is 1.77. The highest BCUT2D eigenvalue weighted by Crippen LogP contribution is 2.33. The zero-order valence-corrected chi connectivity index (χ0v) is 14.1. The van der Waals surface area contributed by atoms with E-state index in [2.05, 4.69) is 15.1 Å². The van der Waals surface area contributed by atoms with E-state index in [1.165, 1.54) is 18.5 Å². The van der Waals surface area contributed by atoms with Crippen molar-refractivity contribution >= 4 is 22.6 Å². The Morgan fingerprint density at radius 1 is 0.963 bits per heavy atom. The fourth-order valence-electron chi connectivity index (χ4n) is 2.75. The molecular formula is C19H13F3N4O. The average Bonchev–Trinajstić information content (AvgIpc) is 3.16. The third kappa shape index (κ3) is 3.21. The van der Waals surface area contributed by atoms with Crippen LogP contribution in [0, 0.1) is 0 Å². The standard InChI is InChI=1S/C19H13F3N4O/c1-26(18-14-4-2-3-5-15(14)23-11-24-18)17-10-16(25-27-17)12-6-8-13(9-7-12)19(20,21)22/h2-11H,1H3. The van der Waals surface area contributed by atoms with E-state index in [1.54, 1.807) is 18.0 Å². The van der Waals surface area contributed by atoms with Gasteiger partial charge in [-0.3, -0.25) is 4.90 Å². The van der Waals surface area contributed by atoms with E-state index in [1.807, 2.05) is 24.3 Å². The summed E-state index contributed by atoms with van der Waals surface area (Å²) in [4.78, 5) is 10.2. The molecule has 2 aromatic heterocycles. The molecule has 0 spiro atoms. The maximum absolute atomic E-state index is 12.7. The molecule has 8 heteroatoms. The number of halogens is 3. The Hall–Kier alpha value is -3.42. The minimum atomic E-state index is -4.37. The van der Waals surface area contributed by atoms with Crippen LogP contribution >= 0.6 is 0 Å². The molecule has 0 amide bonds. The Kier molecular flexibility index (Phi) is 4.02. The lowest BCUT2D eigenvalue weighted by molar-refractivity contribution is -0.137. The zero-order valence-electron chi connectivity index (χ0n) is 14.1. The Morgan fingerprint density at radius 3 is 2.44 bits per heavy atom. The van der Waals surface area contributed by atoms with Gasteiger partial charge < -0.3 is 4.52 Å². The van der Waals surface area contributed by atoms with E-state index in [-0.39, 0.29) is 0 Å². The lowest BCUT2D eigenvalue weighted by Crippen LogP contribution is -2.11. The summed E-state index contributed by atoms with van der Waals surface area (Å²) >= 11 is 0. The number of para-hydroxylation sites is 1. The second-order valence-electron chi connectivity index (χ2n) is 5.90. The van der Waals surface area contributed by atoms with Gasteiger partial charge in [0.1, 0.15) is 17.8 Å². The first-order valence-corrected chi connectivity index (χ1v) is 8.01. The van der Waals surface area contributed by atoms with Gasteiger partial charge in [0, 0.05) is 24.1 Å². The lowest BCUT2D eigenvalue weighted by Gasteiger charge is -2.15. The van der Waals surface area contributed by atoms with Crippen molar-refractivity contribution in [1.29, 1.82) is 0 Å². The molecule has 0 N–H and O–H groups in total. The second-order valence-corrected chi connectivity index (χ2v) is 5.90. The molecule has 0 aliphatic heterocycles. The Bertz CT molecular complexity index is 1080. The molecule has 0 radical (unpaired) electrons. The topological polar surface area (TPSA) is 55.1 Å². The van der Waals surface area contributed by atoms with E-state index in [0.29, 0.717) is 23.0 Å². The second kappa shape index (κ2) is 6.39. The number of anilines is 2. The first kappa shape index (κ1) is 17.0. The molecule has 0 fully saturated rings. The van der Waals surface area contributed by atoms with Crippen LogP contribution in [0.15, 0.2) is 65.4 Å². The van der Waals surface area contributed by atoms with Crippen LogP contribution in [0.5, 0.6) is 0 Å². The molecule has 0 bridgehead atoms. The van der Waals surface area contributed by atoms with Crippen molar-refractivity contribution in [3.63, 3.8) is 0 Å². The number of hydrogen-bond acceptors (Lipinski definition) is 5. The highest BCUT2D eigenvalue weighted by molar-refractivity contribution is 5.90. The monoisotopic (exact) mass is 370 g/mol. The number of fused-ring (bicyclic) bond motifs is 1. The quantitative estimate of drug-likeness (QED) is 0.504. The highest BCUT2D eigenvalue weighted by atomic mass is 19.4. The molecule has 0 atom stereocenters. The number of nitrogens with zero attached hydrogens (tertiary/aromatic N) is 4. The van der Waals surface area contributed by atoms with E-state index in [4.69, 9.17) is 4.52 Å². The Morgan fingerprint density at radius 2 is 1.70 bits per heavy atom. The van der Waals surface area contributed by atoms with E-state index < -0.39 is 11.7 Å². The van der Waals surface area contributed by atoms with E-state index >= 15 is 0 Å². The van der Waals surface area contributed by atoms with Crippen LogP contribution in [-0.2, 0) is 6.18 Å². The zero-order chi connectivity index (χ0) is 19.0. The molecule has 27 heavy (non-hydrogen) atoms. The Balaban J connectivity index is 1.66. The normalized spacial score (nSPS) is 11.7. The molecule has 5 nitrogen and oxygen atoms in total. The van der Waals surface area contributed by atoms with E-state index in [0.717, 1.165) is 23.0 Å². The largest absolute Gasteiger partial charge is 0.416 e. The van der Waals surface area contributed by atoms with Gasteiger partial charge in [-0.2, -0.15) is 13.2 Å². The van der Waals surface area contributed by atoms with Gasteiger partial charge in [0.05, 0.1) is 11.1 Å². The van der Waals surface area contributed by atoms with Crippen molar-refractivity contribution in [2.24, 2.45) is 0 Å². The minimum absolute atomic E-state index is 0.411. The van der Waals surface area contributed by atoms with Gasteiger partial charge in [-0.05, 0) is 24.3 Å². The van der Waals surface area contributed by atoms with Crippen LogP contribution in [0.2, 0.25) is 0 Å². The van der Waals surface area contributed by atoms with Gasteiger partial charge in [0.25, 0.3) is 0 Å². The number of rotatable bonds is 3. The number of alkyl halides is 3. The smallest absolute Gasteiger partial charge is 0.338 e. The number of benzene rings is 2. The van der Waals surface area contributed by atoms with Crippen LogP contribution in [-0.4, -0.2) is 22.2 Å². The van der Waals surface area contributed by atoms with Crippen LogP contribution in [0.1, 0.15) is 5.56 Å². The van der Waals surface area contributed by atoms with Crippen LogP contribution < -0.4 is 4.90 Å². The summed E-state index contributed by atoms with van der Waals surface area (Å²) < 4.78 is 43.5. The van der Waals surface area contributed by atoms with Gasteiger partial charge in [-0.1, -0.05) is 29.4 Å². The maximum Gasteiger partial charge on any atom is 0.416 e. The number of hydrogen-bond donors (Lipinski definition) is 0.